The van der Waals surface area contributed by atoms with Crippen molar-refractivity contribution in [3.63, 3.8) is 0 Å². The van der Waals surface area contributed by atoms with E-state index < -0.39 is 0 Å². The average Bonchev–Trinajstić information content (AvgIpc) is 2.76. The minimum absolute atomic E-state index is 0.766. The van der Waals surface area contributed by atoms with Crippen molar-refractivity contribution < 1.29 is 0 Å². The molecule has 0 spiro atoms. The van der Waals surface area contributed by atoms with Crippen molar-refractivity contribution in [1.82, 2.24) is 4.98 Å². The standard InChI is InChI=1S/C12H14N2S/c13-7-1-2-11-3-4-12(15-11)10-5-8-14-9-6-10/h3-6,8-9H,1-2,7,13H2. The van der Waals surface area contributed by atoms with Gasteiger partial charge in [-0.2, -0.15) is 0 Å². The summed E-state index contributed by atoms with van der Waals surface area (Å²) >= 11 is 1.84. The van der Waals surface area contributed by atoms with Gasteiger partial charge in [0.05, 0.1) is 0 Å². The molecule has 0 aliphatic rings. The predicted molar refractivity (Wildman–Crippen MR) is 64.9 cm³/mol. The minimum atomic E-state index is 0.766. The van der Waals surface area contributed by atoms with Gasteiger partial charge < -0.3 is 5.73 Å². The molecule has 2 rings (SSSR count). The van der Waals surface area contributed by atoms with Crippen molar-refractivity contribution in [3.8, 4) is 10.4 Å². The Kier molecular flexibility index (Phi) is 3.48. The molecular weight excluding hydrogens is 204 g/mol. The summed E-state index contributed by atoms with van der Waals surface area (Å²) in [5, 5.41) is 0. The molecule has 2 N–H and O–H groups in total. The van der Waals surface area contributed by atoms with Crippen molar-refractivity contribution in [3.05, 3.63) is 41.5 Å². The van der Waals surface area contributed by atoms with E-state index in [1.54, 1.807) is 0 Å². The van der Waals surface area contributed by atoms with E-state index in [1.165, 1.54) is 15.3 Å². The lowest BCUT2D eigenvalue weighted by atomic mass is 10.2. The number of thiophene rings is 1. The Balaban J connectivity index is 2.14. The first-order chi connectivity index (χ1) is 7.40. The van der Waals surface area contributed by atoms with Gasteiger partial charge in [-0.3, -0.25) is 4.98 Å². The van der Waals surface area contributed by atoms with Gasteiger partial charge in [0.25, 0.3) is 0 Å². The number of rotatable bonds is 4. The van der Waals surface area contributed by atoms with E-state index >= 15 is 0 Å². The summed E-state index contributed by atoms with van der Waals surface area (Å²) in [6, 6.07) is 8.44. The molecule has 2 aromatic rings. The largest absolute Gasteiger partial charge is 0.330 e. The summed E-state index contributed by atoms with van der Waals surface area (Å²) in [6.07, 6.45) is 5.81. The number of nitrogens with two attached hydrogens (primary N) is 1. The normalized spacial score (nSPS) is 10.5. The Labute approximate surface area is 93.8 Å². The summed E-state index contributed by atoms with van der Waals surface area (Å²) in [5.74, 6) is 0. The molecule has 0 amide bonds. The lowest BCUT2D eigenvalue weighted by Gasteiger charge is -1.95. The highest BCUT2D eigenvalue weighted by Crippen LogP contribution is 2.27. The lowest BCUT2D eigenvalue weighted by molar-refractivity contribution is 0.843. The second kappa shape index (κ2) is 5.05. The van der Waals surface area contributed by atoms with Gasteiger partial charge in [-0.1, -0.05) is 0 Å². The van der Waals surface area contributed by atoms with Crippen LogP contribution in [-0.2, 0) is 6.42 Å². The van der Waals surface area contributed by atoms with Crippen LogP contribution in [0.1, 0.15) is 11.3 Å². The van der Waals surface area contributed by atoms with Crippen LogP contribution in [0.5, 0.6) is 0 Å². The van der Waals surface area contributed by atoms with Crippen LogP contribution in [-0.4, -0.2) is 11.5 Å². The Bertz CT molecular complexity index is 409. The molecule has 2 heterocycles. The number of hydrogen-bond donors (Lipinski definition) is 1. The maximum atomic E-state index is 5.49. The van der Waals surface area contributed by atoms with E-state index in [1.807, 2.05) is 35.9 Å². The molecule has 0 bridgehead atoms. The molecule has 0 fully saturated rings. The summed E-state index contributed by atoms with van der Waals surface area (Å²) in [6.45, 7) is 0.766. The Hall–Kier alpha value is -1.19. The van der Waals surface area contributed by atoms with Crippen molar-refractivity contribution in [1.29, 1.82) is 0 Å². The Morgan fingerprint density at radius 3 is 2.67 bits per heavy atom. The first-order valence-corrected chi connectivity index (χ1v) is 5.91. The van der Waals surface area contributed by atoms with Crippen LogP contribution in [0.2, 0.25) is 0 Å². The van der Waals surface area contributed by atoms with Gasteiger partial charge in [0.1, 0.15) is 0 Å². The third-order valence-electron chi connectivity index (χ3n) is 2.25. The number of nitrogens with zero attached hydrogens (tertiary/aromatic N) is 1. The third-order valence-corrected chi connectivity index (χ3v) is 3.45. The number of aryl methyl sites for hydroxylation is 1. The van der Waals surface area contributed by atoms with E-state index in [4.69, 9.17) is 5.73 Å². The van der Waals surface area contributed by atoms with Crippen molar-refractivity contribution in [2.24, 2.45) is 5.73 Å². The van der Waals surface area contributed by atoms with Crippen molar-refractivity contribution in [2.45, 2.75) is 12.8 Å². The summed E-state index contributed by atoms with van der Waals surface area (Å²) in [5.41, 5.74) is 6.74. The van der Waals surface area contributed by atoms with E-state index in [2.05, 4.69) is 17.1 Å². The molecular formula is C12H14N2S. The summed E-state index contributed by atoms with van der Waals surface area (Å²) < 4.78 is 0. The number of hydrogen-bond acceptors (Lipinski definition) is 3. The lowest BCUT2D eigenvalue weighted by Crippen LogP contribution is -1.99. The first-order valence-electron chi connectivity index (χ1n) is 5.09. The average molecular weight is 218 g/mol. The fourth-order valence-corrected chi connectivity index (χ4v) is 2.51. The van der Waals surface area contributed by atoms with Crippen LogP contribution in [0, 0.1) is 0 Å². The Morgan fingerprint density at radius 2 is 1.93 bits per heavy atom. The molecule has 0 aliphatic carbocycles. The van der Waals surface area contributed by atoms with Gasteiger partial charge in [0.15, 0.2) is 0 Å². The highest BCUT2D eigenvalue weighted by atomic mass is 32.1. The second-order valence-corrected chi connectivity index (χ2v) is 4.56. The molecule has 0 atom stereocenters. The quantitative estimate of drug-likeness (QED) is 0.857. The molecule has 0 saturated heterocycles. The first kappa shape index (κ1) is 10.3. The zero-order valence-electron chi connectivity index (χ0n) is 8.52. The fraction of sp³-hybridized carbons (Fsp3) is 0.250. The monoisotopic (exact) mass is 218 g/mol. The van der Waals surface area contributed by atoms with Crippen LogP contribution in [0.4, 0.5) is 0 Å². The van der Waals surface area contributed by atoms with Crippen LogP contribution in [0.25, 0.3) is 10.4 Å². The molecule has 3 heteroatoms. The smallest absolute Gasteiger partial charge is 0.0346 e. The van der Waals surface area contributed by atoms with Crippen LogP contribution in [0.15, 0.2) is 36.7 Å². The fourth-order valence-electron chi connectivity index (χ4n) is 1.46. The number of pyridine rings is 1. The zero-order valence-corrected chi connectivity index (χ0v) is 9.33. The summed E-state index contributed by atoms with van der Waals surface area (Å²) in [7, 11) is 0. The highest BCUT2D eigenvalue weighted by molar-refractivity contribution is 7.15. The van der Waals surface area contributed by atoms with Crippen LogP contribution >= 0.6 is 11.3 Å². The van der Waals surface area contributed by atoms with Gasteiger partial charge in [-0.15, -0.1) is 11.3 Å². The van der Waals surface area contributed by atoms with Crippen molar-refractivity contribution in [2.75, 3.05) is 6.54 Å². The topological polar surface area (TPSA) is 38.9 Å². The van der Waals surface area contributed by atoms with E-state index in [0.29, 0.717) is 0 Å². The minimum Gasteiger partial charge on any atom is -0.330 e. The van der Waals surface area contributed by atoms with Crippen molar-refractivity contribution >= 4 is 11.3 Å². The van der Waals surface area contributed by atoms with E-state index in [9.17, 15) is 0 Å². The van der Waals surface area contributed by atoms with Crippen LogP contribution < -0.4 is 5.73 Å². The predicted octanol–water partition coefficient (Wildman–Crippen LogP) is 2.70. The van der Waals surface area contributed by atoms with E-state index in [0.717, 1.165) is 19.4 Å². The maximum Gasteiger partial charge on any atom is 0.0346 e. The van der Waals surface area contributed by atoms with Gasteiger partial charge in [-0.05, 0) is 49.2 Å². The number of aromatic nitrogens is 1. The molecule has 0 saturated carbocycles. The molecule has 78 valence electrons. The molecule has 0 aromatic carbocycles. The maximum absolute atomic E-state index is 5.49. The highest BCUT2D eigenvalue weighted by Gasteiger charge is 2.01. The second-order valence-electron chi connectivity index (χ2n) is 3.39. The zero-order chi connectivity index (χ0) is 10.5. The third kappa shape index (κ3) is 2.64. The van der Waals surface area contributed by atoms with Gasteiger partial charge in [0, 0.05) is 22.1 Å². The Morgan fingerprint density at radius 1 is 1.13 bits per heavy atom. The molecule has 2 aromatic heterocycles. The molecule has 2 nitrogen and oxygen atoms in total. The molecule has 0 radical (unpaired) electrons. The molecule has 0 aliphatic heterocycles. The molecule has 0 unspecified atom stereocenters. The van der Waals surface area contributed by atoms with Gasteiger partial charge in [0.2, 0.25) is 0 Å². The van der Waals surface area contributed by atoms with Gasteiger partial charge in [-0.25, -0.2) is 0 Å². The SMILES string of the molecule is NCCCc1ccc(-c2ccncc2)s1. The summed E-state index contributed by atoms with van der Waals surface area (Å²) in [4.78, 5) is 6.73. The van der Waals surface area contributed by atoms with Gasteiger partial charge >= 0.3 is 0 Å². The van der Waals surface area contributed by atoms with Crippen LogP contribution in [0.3, 0.4) is 0 Å². The molecule has 15 heavy (non-hydrogen) atoms. The van der Waals surface area contributed by atoms with E-state index in [-0.39, 0.29) is 0 Å².